The third kappa shape index (κ3) is 3.17. The van der Waals surface area contributed by atoms with Gasteiger partial charge in [0, 0.05) is 30.4 Å². The molecule has 0 spiro atoms. The fourth-order valence-electron chi connectivity index (χ4n) is 2.39. The van der Waals surface area contributed by atoms with E-state index in [2.05, 4.69) is 23.1 Å². The summed E-state index contributed by atoms with van der Waals surface area (Å²) in [5.41, 5.74) is 3.21. The van der Waals surface area contributed by atoms with E-state index in [0.717, 1.165) is 22.4 Å². The van der Waals surface area contributed by atoms with Gasteiger partial charge < -0.3 is 9.13 Å². The summed E-state index contributed by atoms with van der Waals surface area (Å²) in [6.45, 7) is 7.39. The number of benzene rings is 2. The Morgan fingerprint density at radius 2 is 1.50 bits per heavy atom. The molecule has 4 nitrogen and oxygen atoms in total. The Kier molecular flexibility index (Phi) is 4.68. The van der Waals surface area contributed by atoms with E-state index in [-0.39, 0.29) is 0 Å². The molecule has 0 atom stereocenters. The Bertz CT molecular complexity index is 948. The van der Waals surface area contributed by atoms with Crippen molar-refractivity contribution < 1.29 is 0 Å². The first-order valence-electron chi connectivity index (χ1n) is 7.58. The van der Waals surface area contributed by atoms with Gasteiger partial charge in [0.2, 0.25) is 0 Å². The van der Waals surface area contributed by atoms with Crippen LogP contribution in [0.3, 0.4) is 0 Å². The molecule has 0 aliphatic carbocycles. The normalized spacial score (nSPS) is 10.0. The number of nitrogens with zero attached hydrogens (tertiary/aromatic N) is 4. The Morgan fingerprint density at radius 3 is 2.25 bits per heavy atom. The predicted octanol–water partition coefficient (Wildman–Crippen LogP) is 4.79. The second-order valence-electron chi connectivity index (χ2n) is 5.03. The van der Waals surface area contributed by atoms with E-state index in [1.54, 1.807) is 24.9 Å². The summed E-state index contributed by atoms with van der Waals surface area (Å²) in [5.74, 6) is 0.926. The molecule has 4 rings (SSSR count). The highest BCUT2D eigenvalue weighted by atomic mass is 15.0. The number of rotatable bonds is 3. The molecule has 118 valence electrons. The van der Waals surface area contributed by atoms with Gasteiger partial charge in [-0.25, -0.2) is 9.97 Å². The van der Waals surface area contributed by atoms with Gasteiger partial charge >= 0.3 is 0 Å². The van der Waals surface area contributed by atoms with E-state index in [0.29, 0.717) is 0 Å². The Hall–Kier alpha value is -3.40. The average molecular weight is 314 g/mol. The fourth-order valence-corrected chi connectivity index (χ4v) is 2.39. The van der Waals surface area contributed by atoms with Crippen molar-refractivity contribution in [3.63, 3.8) is 0 Å². The largest absolute Gasteiger partial charge is 0.307 e. The number of para-hydroxylation sites is 2. The minimum atomic E-state index is 0.926. The highest BCUT2D eigenvalue weighted by molar-refractivity contribution is 5.76. The van der Waals surface area contributed by atoms with Crippen molar-refractivity contribution >= 4 is 23.4 Å². The van der Waals surface area contributed by atoms with Crippen molar-refractivity contribution in [1.82, 2.24) is 19.1 Å². The van der Waals surface area contributed by atoms with Crippen LogP contribution < -0.4 is 0 Å². The lowest BCUT2D eigenvalue weighted by atomic mass is 10.2. The third-order valence-electron chi connectivity index (χ3n) is 3.58. The first-order chi connectivity index (χ1) is 11.8. The molecule has 0 saturated carbocycles. The lowest BCUT2D eigenvalue weighted by Crippen LogP contribution is -1.88. The summed E-state index contributed by atoms with van der Waals surface area (Å²) < 4.78 is 3.80. The first kappa shape index (κ1) is 15.5. The minimum Gasteiger partial charge on any atom is -0.307 e. The van der Waals surface area contributed by atoms with Gasteiger partial charge in [0.15, 0.2) is 0 Å². The molecule has 4 heteroatoms. The van der Waals surface area contributed by atoms with Crippen LogP contribution in [0, 0.1) is 0 Å². The van der Waals surface area contributed by atoms with Crippen LogP contribution in [0.15, 0.2) is 86.5 Å². The number of imidazole rings is 2. The summed E-state index contributed by atoms with van der Waals surface area (Å²) in [7, 11) is 0. The molecule has 0 radical (unpaired) electrons. The second-order valence-corrected chi connectivity index (χ2v) is 5.03. The van der Waals surface area contributed by atoms with Crippen LogP contribution in [0.4, 0.5) is 0 Å². The maximum absolute atomic E-state index is 4.25. The maximum Gasteiger partial charge on any atom is 0.143 e. The van der Waals surface area contributed by atoms with Crippen LogP contribution in [0.2, 0.25) is 0 Å². The van der Waals surface area contributed by atoms with Gasteiger partial charge in [-0.2, -0.15) is 0 Å². The number of aromatic nitrogens is 4. The molecule has 2 heterocycles. The monoisotopic (exact) mass is 314 g/mol. The predicted molar refractivity (Wildman–Crippen MR) is 100 cm³/mol. The topological polar surface area (TPSA) is 35.6 Å². The molecule has 0 amide bonds. The van der Waals surface area contributed by atoms with Crippen molar-refractivity contribution in [3.8, 4) is 11.4 Å². The summed E-state index contributed by atoms with van der Waals surface area (Å²) in [5, 5.41) is 0. The average Bonchev–Trinajstić information content (AvgIpc) is 3.29. The van der Waals surface area contributed by atoms with Crippen LogP contribution in [-0.2, 0) is 0 Å². The first-order valence-corrected chi connectivity index (χ1v) is 7.58. The number of fused-ring (bicyclic) bond motifs is 1. The van der Waals surface area contributed by atoms with Crippen LogP contribution in [-0.4, -0.2) is 19.1 Å². The van der Waals surface area contributed by atoms with Crippen LogP contribution >= 0.6 is 0 Å². The molecule has 0 aliphatic rings. The van der Waals surface area contributed by atoms with Gasteiger partial charge in [0.25, 0.3) is 0 Å². The molecular weight excluding hydrogens is 296 g/mol. The molecular formula is C20H18N4. The van der Waals surface area contributed by atoms with Crippen LogP contribution in [0.25, 0.3) is 34.8 Å². The van der Waals surface area contributed by atoms with E-state index in [9.17, 15) is 0 Å². The standard InChI is InChI=1S/C11H10N2.C9H8N2/c1-2-13-9-8-12-11(13)10-6-4-3-5-7-10;1-2-11-7-10-8-5-3-4-6-9(8)11/h2-9H,1H2;2-7H,1H2. The molecule has 0 bridgehead atoms. The summed E-state index contributed by atoms with van der Waals surface area (Å²) in [6, 6.07) is 18.0. The Balaban J connectivity index is 0.000000143. The van der Waals surface area contributed by atoms with Crippen LogP contribution in [0.1, 0.15) is 0 Å². The summed E-state index contributed by atoms with van der Waals surface area (Å²) in [4.78, 5) is 8.43. The third-order valence-corrected chi connectivity index (χ3v) is 3.58. The number of hydrogen-bond donors (Lipinski definition) is 0. The zero-order valence-electron chi connectivity index (χ0n) is 13.3. The van der Waals surface area contributed by atoms with Gasteiger partial charge in [-0.3, -0.25) is 0 Å². The van der Waals surface area contributed by atoms with E-state index < -0.39 is 0 Å². The molecule has 4 aromatic rings. The van der Waals surface area contributed by atoms with Gasteiger partial charge in [-0.05, 0) is 12.1 Å². The Labute approximate surface area is 141 Å². The van der Waals surface area contributed by atoms with Crippen molar-refractivity contribution in [3.05, 3.63) is 86.5 Å². The number of hydrogen-bond acceptors (Lipinski definition) is 2. The van der Waals surface area contributed by atoms with Crippen molar-refractivity contribution in [2.75, 3.05) is 0 Å². The van der Waals surface area contributed by atoms with Gasteiger partial charge in [0.1, 0.15) is 5.82 Å². The quantitative estimate of drug-likeness (QED) is 0.545. The zero-order valence-corrected chi connectivity index (χ0v) is 13.3. The Morgan fingerprint density at radius 1 is 0.792 bits per heavy atom. The molecule has 24 heavy (non-hydrogen) atoms. The van der Waals surface area contributed by atoms with Gasteiger partial charge in [-0.15, -0.1) is 0 Å². The molecule has 0 saturated heterocycles. The molecule has 2 aromatic carbocycles. The molecule has 0 N–H and O–H groups in total. The lowest BCUT2D eigenvalue weighted by molar-refractivity contribution is 1.15. The maximum atomic E-state index is 4.25. The van der Waals surface area contributed by atoms with E-state index in [1.165, 1.54) is 0 Å². The van der Waals surface area contributed by atoms with Crippen molar-refractivity contribution in [2.24, 2.45) is 0 Å². The minimum absolute atomic E-state index is 0.926. The van der Waals surface area contributed by atoms with Crippen molar-refractivity contribution in [2.45, 2.75) is 0 Å². The highest BCUT2D eigenvalue weighted by Crippen LogP contribution is 2.16. The molecule has 0 fully saturated rings. The van der Waals surface area contributed by atoms with E-state index >= 15 is 0 Å². The van der Waals surface area contributed by atoms with Crippen LogP contribution in [0.5, 0.6) is 0 Å². The lowest BCUT2D eigenvalue weighted by Gasteiger charge is -2.00. The molecule has 0 unspecified atom stereocenters. The van der Waals surface area contributed by atoms with Gasteiger partial charge in [0.05, 0.1) is 17.4 Å². The van der Waals surface area contributed by atoms with Crippen molar-refractivity contribution in [1.29, 1.82) is 0 Å². The molecule has 0 aliphatic heterocycles. The second kappa shape index (κ2) is 7.24. The van der Waals surface area contributed by atoms with E-state index in [4.69, 9.17) is 0 Å². The summed E-state index contributed by atoms with van der Waals surface area (Å²) >= 11 is 0. The summed E-state index contributed by atoms with van der Waals surface area (Å²) in [6.07, 6.45) is 8.90. The highest BCUT2D eigenvalue weighted by Gasteiger charge is 2.01. The van der Waals surface area contributed by atoms with E-state index in [1.807, 2.05) is 69.9 Å². The molecule has 2 aromatic heterocycles. The smallest absolute Gasteiger partial charge is 0.143 e. The van der Waals surface area contributed by atoms with Gasteiger partial charge in [-0.1, -0.05) is 55.6 Å². The zero-order chi connectivity index (χ0) is 16.8. The SMILES string of the molecule is C=Cn1ccnc1-c1ccccc1.C=Cn1cnc2ccccc21. The fraction of sp³-hybridized carbons (Fsp3) is 0.